The largest absolute Gasteiger partial charge is 0.490 e. The van der Waals surface area contributed by atoms with E-state index >= 15 is 0 Å². The van der Waals surface area contributed by atoms with Crippen LogP contribution >= 0.6 is 15.9 Å². The van der Waals surface area contributed by atoms with Crippen LogP contribution in [-0.4, -0.2) is 30.1 Å². The van der Waals surface area contributed by atoms with Crippen molar-refractivity contribution in [2.75, 3.05) is 13.7 Å². The third kappa shape index (κ3) is 3.90. The molecule has 8 heteroatoms. The first kappa shape index (κ1) is 15.4. The van der Waals surface area contributed by atoms with Crippen LogP contribution in [0.2, 0.25) is 0 Å². The predicted octanol–water partition coefficient (Wildman–Crippen LogP) is 1.63. The SMILES string of the molecule is COC(=O)C(C)(N)COc1cc([N+](=O)[O-])ccc1Br. The van der Waals surface area contributed by atoms with Crippen molar-refractivity contribution in [2.24, 2.45) is 5.73 Å². The van der Waals surface area contributed by atoms with Crippen LogP contribution in [0.1, 0.15) is 6.92 Å². The Hall–Kier alpha value is -1.67. The maximum absolute atomic E-state index is 11.4. The van der Waals surface area contributed by atoms with Gasteiger partial charge >= 0.3 is 5.97 Å². The number of nitro benzene ring substituents is 1. The van der Waals surface area contributed by atoms with Gasteiger partial charge in [0.15, 0.2) is 0 Å². The highest BCUT2D eigenvalue weighted by molar-refractivity contribution is 9.10. The van der Waals surface area contributed by atoms with Crippen LogP contribution in [-0.2, 0) is 9.53 Å². The second kappa shape index (κ2) is 5.98. The van der Waals surface area contributed by atoms with Crippen LogP contribution in [0.3, 0.4) is 0 Å². The summed E-state index contributed by atoms with van der Waals surface area (Å²) >= 11 is 3.20. The summed E-state index contributed by atoms with van der Waals surface area (Å²) in [4.78, 5) is 21.5. The molecule has 0 radical (unpaired) electrons. The Morgan fingerprint density at radius 1 is 1.58 bits per heavy atom. The van der Waals surface area contributed by atoms with Crippen LogP contribution in [0.4, 0.5) is 5.69 Å². The zero-order chi connectivity index (χ0) is 14.6. The highest BCUT2D eigenvalue weighted by atomic mass is 79.9. The molecule has 0 aliphatic rings. The number of esters is 1. The van der Waals surface area contributed by atoms with Crippen molar-refractivity contribution in [3.63, 3.8) is 0 Å². The van der Waals surface area contributed by atoms with Gasteiger partial charge in [-0.1, -0.05) is 0 Å². The molecule has 1 aromatic rings. The molecule has 1 unspecified atom stereocenters. The topological polar surface area (TPSA) is 105 Å². The lowest BCUT2D eigenvalue weighted by Gasteiger charge is -2.21. The lowest BCUT2D eigenvalue weighted by molar-refractivity contribution is -0.385. The van der Waals surface area contributed by atoms with Gasteiger partial charge in [0.1, 0.15) is 17.9 Å². The minimum absolute atomic E-state index is 0.116. The van der Waals surface area contributed by atoms with Crippen LogP contribution in [0, 0.1) is 10.1 Å². The quantitative estimate of drug-likeness (QED) is 0.499. The minimum atomic E-state index is -1.33. The van der Waals surface area contributed by atoms with Crippen molar-refractivity contribution in [3.05, 3.63) is 32.8 Å². The molecular formula is C11H13BrN2O5. The van der Waals surface area contributed by atoms with E-state index in [0.29, 0.717) is 4.47 Å². The van der Waals surface area contributed by atoms with E-state index < -0.39 is 16.4 Å². The molecule has 19 heavy (non-hydrogen) atoms. The van der Waals surface area contributed by atoms with Gasteiger partial charge in [0.2, 0.25) is 0 Å². The summed E-state index contributed by atoms with van der Waals surface area (Å²) in [5.74, 6) is -0.399. The number of non-ortho nitro benzene ring substituents is 1. The van der Waals surface area contributed by atoms with Gasteiger partial charge in [0, 0.05) is 6.07 Å². The van der Waals surface area contributed by atoms with Crippen LogP contribution in [0.15, 0.2) is 22.7 Å². The van der Waals surface area contributed by atoms with E-state index in [4.69, 9.17) is 10.5 Å². The molecule has 2 N–H and O–H groups in total. The number of ether oxygens (including phenoxy) is 2. The molecule has 1 atom stereocenters. The fourth-order valence-corrected chi connectivity index (χ4v) is 1.60. The molecule has 0 saturated carbocycles. The summed E-state index contributed by atoms with van der Waals surface area (Å²) in [5.41, 5.74) is 4.27. The normalized spacial score (nSPS) is 13.5. The molecule has 0 aliphatic carbocycles. The summed E-state index contributed by atoms with van der Waals surface area (Å²) in [7, 11) is 1.22. The average molecular weight is 333 g/mol. The fourth-order valence-electron chi connectivity index (χ4n) is 1.24. The molecule has 0 saturated heterocycles. The first-order valence-corrected chi connectivity index (χ1v) is 6.01. The Kier molecular flexibility index (Phi) is 4.84. The van der Waals surface area contributed by atoms with Crippen LogP contribution in [0.5, 0.6) is 5.75 Å². The molecule has 0 aliphatic heterocycles. The smallest absolute Gasteiger partial charge is 0.329 e. The van der Waals surface area contributed by atoms with Crippen molar-refractivity contribution in [2.45, 2.75) is 12.5 Å². The van der Waals surface area contributed by atoms with Gasteiger partial charge in [0.25, 0.3) is 5.69 Å². The van der Waals surface area contributed by atoms with E-state index in [1.54, 1.807) is 0 Å². The molecule has 0 heterocycles. The monoisotopic (exact) mass is 332 g/mol. The Morgan fingerprint density at radius 3 is 2.74 bits per heavy atom. The number of carbonyl (C=O) groups excluding carboxylic acids is 1. The first-order chi connectivity index (χ1) is 8.77. The number of hydrogen-bond acceptors (Lipinski definition) is 6. The lowest BCUT2D eigenvalue weighted by atomic mass is 10.1. The third-order valence-electron chi connectivity index (χ3n) is 2.30. The van der Waals surface area contributed by atoms with Crippen LogP contribution in [0.25, 0.3) is 0 Å². The number of rotatable bonds is 5. The van der Waals surface area contributed by atoms with E-state index in [0.717, 1.165) is 0 Å². The Morgan fingerprint density at radius 2 is 2.21 bits per heavy atom. The number of halogens is 1. The number of carbonyl (C=O) groups is 1. The third-order valence-corrected chi connectivity index (χ3v) is 2.96. The fraction of sp³-hybridized carbons (Fsp3) is 0.364. The van der Waals surface area contributed by atoms with Gasteiger partial charge in [-0.25, -0.2) is 4.79 Å². The molecule has 1 rings (SSSR count). The van der Waals surface area contributed by atoms with Gasteiger partial charge < -0.3 is 15.2 Å². The van der Waals surface area contributed by atoms with E-state index in [2.05, 4.69) is 20.7 Å². The molecule has 104 valence electrons. The van der Waals surface area contributed by atoms with E-state index in [9.17, 15) is 14.9 Å². The number of benzene rings is 1. The summed E-state index contributed by atoms with van der Waals surface area (Å²) in [5, 5.41) is 10.7. The first-order valence-electron chi connectivity index (χ1n) is 5.22. The van der Waals surface area contributed by atoms with E-state index in [1.807, 2.05) is 0 Å². The minimum Gasteiger partial charge on any atom is -0.490 e. The molecule has 0 aromatic heterocycles. The Balaban J connectivity index is 2.85. The molecule has 7 nitrogen and oxygen atoms in total. The van der Waals surface area contributed by atoms with Gasteiger partial charge in [-0.2, -0.15) is 0 Å². The van der Waals surface area contributed by atoms with Crippen molar-refractivity contribution >= 4 is 27.6 Å². The highest BCUT2D eigenvalue weighted by Gasteiger charge is 2.31. The standard InChI is InChI=1S/C11H13BrN2O5/c1-11(13,10(15)18-2)6-19-9-5-7(14(16)17)3-4-8(9)12/h3-5H,6,13H2,1-2H3. The van der Waals surface area contributed by atoms with E-state index in [-0.39, 0.29) is 18.0 Å². The van der Waals surface area contributed by atoms with Crippen molar-refractivity contribution in [1.29, 1.82) is 0 Å². The van der Waals surface area contributed by atoms with Crippen molar-refractivity contribution in [3.8, 4) is 5.75 Å². The van der Waals surface area contributed by atoms with Gasteiger partial charge in [-0.05, 0) is 28.9 Å². The molecule has 0 amide bonds. The van der Waals surface area contributed by atoms with Gasteiger partial charge in [-0.15, -0.1) is 0 Å². The second-order valence-corrected chi connectivity index (χ2v) is 4.92. The zero-order valence-electron chi connectivity index (χ0n) is 10.4. The maximum atomic E-state index is 11.4. The summed E-state index contributed by atoms with van der Waals surface area (Å²) in [6, 6.07) is 4.07. The molecule has 0 bridgehead atoms. The lowest BCUT2D eigenvalue weighted by Crippen LogP contribution is -2.50. The summed E-state index contributed by atoms with van der Waals surface area (Å²) in [6.07, 6.45) is 0. The average Bonchev–Trinajstić information content (AvgIpc) is 2.36. The Labute approximate surface area is 118 Å². The second-order valence-electron chi connectivity index (χ2n) is 4.07. The molecule has 0 fully saturated rings. The number of nitrogens with two attached hydrogens (primary N) is 1. The number of nitro groups is 1. The Bertz CT molecular complexity index is 504. The maximum Gasteiger partial charge on any atom is 0.329 e. The van der Waals surface area contributed by atoms with Gasteiger partial charge in [-0.3, -0.25) is 10.1 Å². The molecule has 0 spiro atoms. The molecule has 1 aromatic carbocycles. The van der Waals surface area contributed by atoms with Crippen molar-refractivity contribution < 1.29 is 19.2 Å². The summed E-state index contributed by atoms with van der Waals surface area (Å²) in [6.45, 7) is 1.28. The summed E-state index contributed by atoms with van der Waals surface area (Å²) < 4.78 is 10.4. The van der Waals surface area contributed by atoms with E-state index in [1.165, 1.54) is 32.2 Å². The highest BCUT2D eigenvalue weighted by Crippen LogP contribution is 2.29. The zero-order valence-corrected chi connectivity index (χ0v) is 12.0. The predicted molar refractivity (Wildman–Crippen MR) is 70.9 cm³/mol. The molecular weight excluding hydrogens is 320 g/mol. The number of methoxy groups -OCH3 is 1. The van der Waals surface area contributed by atoms with Gasteiger partial charge in [0.05, 0.1) is 22.6 Å². The van der Waals surface area contributed by atoms with Crippen molar-refractivity contribution in [1.82, 2.24) is 0 Å². The number of nitrogens with zero attached hydrogens (tertiary/aromatic N) is 1. The van der Waals surface area contributed by atoms with Crippen LogP contribution < -0.4 is 10.5 Å². The number of hydrogen-bond donors (Lipinski definition) is 1.